The van der Waals surface area contributed by atoms with E-state index in [2.05, 4.69) is 9.97 Å². The molecule has 2 heterocycles. The fourth-order valence-corrected chi connectivity index (χ4v) is 2.51. The Labute approximate surface area is 194 Å². The third-order valence-corrected chi connectivity index (χ3v) is 4.08. The van der Waals surface area contributed by atoms with Gasteiger partial charge in [-0.3, -0.25) is 9.59 Å². The number of carbonyl (C=O) groups excluding carboxylic acids is 2. The molecule has 0 N–H and O–H groups in total. The maximum absolute atomic E-state index is 11.4. The summed E-state index contributed by atoms with van der Waals surface area (Å²) >= 11 is 0. The summed E-state index contributed by atoms with van der Waals surface area (Å²) in [5.41, 5.74) is 0. The molecule has 0 atom stereocenters. The molecule has 0 spiro atoms. The first-order valence-corrected chi connectivity index (χ1v) is 9.41. The SMILES string of the molecule is O=C(OCCn1ccnc1)[C]1[CH][CH][CH][CH]1.O=C(OCCn1ccnc1)[C]1[CH][CH][CH][CH]1.[Fe+2]. The van der Waals surface area contributed by atoms with E-state index >= 15 is 0 Å². The van der Waals surface area contributed by atoms with Crippen LogP contribution in [0.25, 0.3) is 0 Å². The quantitative estimate of drug-likeness (QED) is 0.438. The van der Waals surface area contributed by atoms with Crippen molar-refractivity contribution in [1.82, 2.24) is 19.1 Å². The summed E-state index contributed by atoms with van der Waals surface area (Å²) in [4.78, 5) is 30.6. The number of ether oxygens (including phenoxy) is 2. The third kappa shape index (κ3) is 8.87. The van der Waals surface area contributed by atoms with E-state index in [1.807, 2.05) is 47.2 Å². The van der Waals surface area contributed by atoms with Crippen LogP contribution in [0, 0.1) is 63.2 Å². The summed E-state index contributed by atoms with van der Waals surface area (Å²) in [6.45, 7) is 1.99. The van der Waals surface area contributed by atoms with Gasteiger partial charge in [-0.15, -0.1) is 0 Å². The summed E-state index contributed by atoms with van der Waals surface area (Å²) in [5.74, 6) is 0.640. The Hall–Kier alpha value is -2.12. The van der Waals surface area contributed by atoms with E-state index in [1.165, 1.54) is 0 Å². The molecule has 0 amide bonds. The van der Waals surface area contributed by atoms with Crippen molar-refractivity contribution < 1.29 is 36.1 Å². The Morgan fingerprint density at radius 3 is 1.42 bits per heavy atom. The van der Waals surface area contributed by atoms with Gasteiger partial charge in [-0.05, 0) is 51.4 Å². The molecule has 0 bridgehead atoms. The average molecular weight is 462 g/mol. The number of imidazole rings is 2. The van der Waals surface area contributed by atoms with Gasteiger partial charge in [-0.1, -0.05) is 0 Å². The van der Waals surface area contributed by atoms with Crippen molar-refractivity contribution in [2.24, 2.45) is 0 Å². The van der Waals surface area contributed by atoms with Crippen LogP contribution in [0.4, 0.5) is 0 Å². The number of carbonyl (C=O) groups is 2. The van der Waals surface area contributed by atoms with Gasteiger partial charge in [-0.25, -0.2) is 9.97 Å². The smallest absolute Gasteiger partial charge is 0.463 e. The van der Waals surface area contributed by atoms with Crippen molar-refractivity contribution in [1.29, 1.82) is 0 Å². The van der Waals surface area contributed by atoms with E-state index in [4.69, 9.17) is 9.47 Å². The zero-order valence-corrected chi connectivity index (χ0v) is 17.8. The van der Waals surface area contributed by atoms with Crippen LogP contribution >= 0.6 is 0 Å². The van der Waals surface area contributed by atoms with Crippen molar-refractivity contribution in [3.05, 3.63) is 101 Å². The molecule has 31 heavy (non-hydrogen) atoms. The molecule has 0 aliphatic heterocycles. The minimum absolute atomic E-state index is 0. The maximum Gasteiger partial charge on any atom is 2.00 e. The molecule has 2 aromatic rings. The predicted molar refractivity (Wildman–Crippen MR) is 107 cm³/mol. The van der Waals surface area contributed by atoms with E-state index in [9.17, 15) is 9.59 Å². The van der Waals surface area contributed by atoms with Crippen LogP contribution in [-0.4, -0.2) is 44.3 Å². The van der Waals surface area contributed by atoms with Crippen molar-refractivity contribution in [3.63, 3.8) is 0 Å². The van der Waals surface area contributed by atoms with Crippen molar-refractivity contribution in [2.45, 2.75) is 13.1 Å². The molecular formula is C22H22FeN4O4+2. The average Bonchev–Trinajstić information content (AvgIpc) is 3.57. The van der Waals surface area contributed by atoms with Crippen LogP contribution in [0.3, 0.4) is 0 Å². The number of aromatic nitrogens is 4. The standard InChI is InChI=1S/2C11H11N2O2.Fe/c2*14-11(10-3-1-2-4-10)15-8-7-13-6-5-12-9-13;/h2*1-6,9H,7-8H2;/q;;+2. The Kier molecular flexibility index (Phi) is 11.4. The first-order chi connectivity index (χ1) is 14.7. The Bertz CT molecular complexity index is 675. The number of hydrogen-bond acceptors (Lipinski definition) is 6. The Morgan fingerprint density at radius 1 is 0.710 bits per heavy atom. The maximum atomic E-state index is 11.4. The largest absolute Gasteiger partial charge is 2.00 e. The fourth-order valence-electron chi connectivity index (χ4n) is 2.51. The molecule has 0 saturated heterocycles. The number of hydrogen-bond donors (Lipinski definition) is 0. The van der Waals surface area contributed by atoms with E-state index < -0.39 is 0 Å². The van der Waals surface area contributed by atoms with Gasteiger partial charge in [0, 0.05) is 24.8 Å². The summed E-state index contributed by atoms with van der Waals surface area (Å²) in [6.07, 6.45) is 24.6. The van der Waals surface area contributed by atoms with Gasteiger partial charge in [0.2, 0.25) is 0 Å². The van der Waals surface area contributed by atoms with Crippen LogP contribution in [0.5, 0.6) is 0 Å². The van der Waals surface area contributed by atoms with Crippen LogP contribution < -0.4 is 0 Å². The molecule has 8 nitrogen and oxygen atoms in total. The van der Waals surface area contributed by atoms with Gasteiger partial charge in [0.15, 0.2) is 0 Å². The summed E-state index contributed by atoms with van der Waals surface area (Å²) in [5, 5.41) is 0. The zero-order chi connectivity index (χ0) is 21.0. The molecule has 2 aliphatic carbocycles. The van der Waals surface area contributed by atoms with E-state index in [-0.39, 0.29) is 29.0 Å². The molecule has 2 fully saturated rings. The van der Waals surface area contributed by atoms with Crippen molar-refractivity contribution >= 4 is 11.9 Å². The molecule has 160 valence electrons. The second-order valence-electron chi connectivity index (χ2n) is 6.22. The number of esters is 2. The van der Waals surface area contributed by atoms with Gasteiger partial charge in [0.1, 0.15) is 13.2 Å². The normalized spacial score (nSPS) is 16.3. The Morgan fingerprint density at radius 2 is 1.10 bits per heavy atom. The second-order valence-corrected chi connectivity index (χ2v) is 6.22. The predicted octanol–water partition coefficient (Wildman–Crippen LogP) is 1.66. The van der Waals surface area contributed by atoms with Gasteiger partial charge >= 0.3 is 29.0 Å². The molecular weight excluding hydrogens is 440 g/mol. The molecule has 2 saturated carbocycles. The van der Waals surface area contributed by atoms with E-state index in [1.54, 1.807) is 50.7 Å². The van der Waals surface area contributed by atoms with Crippen molar-refractivity contribution in [3.8, 4) is 0 Å². The monoisotopic (exact) mass is 462 g/mol. The topological polar surface area (TPSA) is 88.2 Å². The number of nitrogens with zero attached hydrogens (tertiary/aromatic N) is 4. The van der Waals surface area contributed by atoms with Crippen LogP contribution in [-0.2, 0) is 49.2 Å². The van der Waals surface area contributed by atoms with Gasteiger partial charge in [-0.2, -0.15) is 0 Å². The molecule has 2 aromatic heterocycles. The molecule has 4 rings (SSSR count). The van der Waals surface area contributed by atoms with Crippen LogP contribution in [0.15, 0.2) is 37.4 Å². The number of rotatable bonds is 8. The molecule has 9 heteroatoms. The van der Waals surface area contributed by atoms with Crippen LogP contribution in [0.1, 0.15) is 0 Å². The first-order valence-electron chi connectivity index (χ1n) is 9.41. The molecule has 2 aliphatic rings. The van der Waals surface area contributed by atoms with E-state index in [0.717, 1.165) is 0 Å². The van der Waals surface area contributed by atoms with Crippen molar-refractivity contribution in [2.75, 3.05) is 13.2 Å². The second kappa shape index (κ2) is 14.0. The molecule has 0 unspecified atom stereocenters. The first kappa shape index (κ1) is 25.1. The molecule has 0 aromatic carbocycles. The van der Waals surface area contributed by atoms with Gasteiger partial charge in [0.05, 0.1) is 37.6 Å². The summed E-state index contributed by atoms with van der Waals surface area (Å²) in [6, 6.07) is 0. The van der Waals surface area contributed by atoms with Gasteiger partial charge in [0.25, 0.3) is 0 Å². The summed E-state index contributed by atoms with van der Waals surface area (Å²) in [7, 11) is 0. The van der Waals surface area contributed by atoms with E-state index in [0.29, 0.717) is 38.1 Å². The molecule has 10 radical (unpaired) electrons. The minimum Gasteiger partial charge on any atom is -0.463 e. The third-order valence-electron chi connectivity index (χ3n) is 4.08. The van der Waals surface area contributed by atoms with Crippen LogP contribution in [0.2, 0.25) is 0 Å². The van der Waals surface area contributed by atoms with Gasteiger partial charge < -0.3 is 18.6 Å². The summed E-state index contributed by atoms with van der Waals surface area (Å²) < 4.78 is 13.9. The fraction of sp³-hybridized carbons (Fsp3) is 0.182. The zero-order valence-electron chi connectivity index (χ0n) is 16.7. The Balaban J connectivity index is 0.000000213. The minimum atomic E-state index is -0.278.